The van der Waals surface area contributed by atoms with E-state index in [4.69, 9.17) is 0 Å². The first-order valence-electron chi connectivity index (χ1n) is 5.39. The Hall–Kier alpha value is -1.59. The Balaban J connectivity index is 2.43. The third-order valence-electron chi connectivity index (χ3n) is 2.97. The highest BCUT2D eigenvalue weighted by atomic mass is 16.4. The van der Waals surface area contributed by atoms with Gasteiger partial charge in [0.1, 0.15) is 11.6 Å². The van der Waals surface area contributed by atoms with Crippen LogP contribution >= 0.6 is 0 Å². The van der Waals surface area contributed by atoms with Gasteiger partial charge >= 0.3 is 5.97 Å². The van der Waals surface area contributed by atoms with Crippen molar-refractivity contribution >= 4 is 11.8 Å². The van der Waals surface area contributed by atoms with E-state index in [0.717, 1.165) is 18.9 Å². The van der Waals surface area contributed by atoms with Gasteiger partial charge in [-0.3, -0.25) is 4.79 Å². The molecular formula is C10H16N4O2. The standard InChI is InChI=1S/C10H16N4O2/c1-6(2)7(10(15)16)8-9-13(3)4-5-14(9)12-11-8/h6-7H,4-5H2,1-3H3,(H,15,16). The number of hydrogen-bond acceptors (Lipinski definition) is 4. The number of hydrogen-bond donors (Lipinski definition) is 1. The first-order chi connectivity index (χ1) is 7.52. The quantitative estimate of drug-likeness (QED) is 0.812. The van der Waals surface area contributed by atoms with Crippen molar-refractivity contribution in [1.29, 1.82) is 0 Å². The number of aromatic nitrogens is 3. The zero-order valence-corrected chi connectivity index (χ0v) is 9.71. The number of rotatable bonds is 3. The summed E-state index contributed by atoms with van der Waals surface area (Å²) < 4.78 is 1.77. The van der Waals surface area contributed by atoms with E-state index in [2.05, 4.69) is 10.3 Å². The summed E-state index contributed by atoms with van der Waals surface area (Å²) in [6.07, 6.45) is 0. The highest BCUT2D eigenvalue weighted by molar-refractivity contribution is 5.78. The molecule has 0 saturated heterocycles. The lowest BCUT2D eigenvalue weighted by Gasteiger charge is -2.17. The molecule has 16 heavy (non-hydrogen) atoms. The first-order valence-corrected chi connectivity index (χ1v) is 5.39. The van der Waals surface area contributed by atoms with Crippen molar-refractivity contribution < 1.29 is 9.90 Å². The Bertz CT molecular complexity index is 413. The molecule has 1 atom stereocenters. The molecule has 2 rings (SSSR count). The van der Waals surface area contributed by atoms with E-state index in [9.17, 15) is 9.90 Å². The van der Waals surface area contributed by atoms with E-state index in [1.54, 1.807) is 4.68 Å². The highest BCUT2D eigenvalue weighted by Gasteiger charge is 2.33. The fourth-order valence-electron chi connectivity index (χ4n) is 2.13. The third kappa shape index (κ3) is 1.54. The van der Waals surface area contributed by atoms with Gasteiger partial charge < -0.3 is 10.0 Å². The van der Waals surface area contributed by atoms with Crippen LogP contribution in [0.25, 0.3) is 0 Å². The van der Waals surface area contributed by atoms with Gasteiger partial charge in [0.2, 0.25) is 0 Å². The summed E-state index contributed by atoms with van der Waals surface area (Å²) >= 11 is 0. The molecule has 1 aromatic rings. The van der Waals surface area contributed by atoms with Crippen molar-refractivity contribution in [3.05, 3.63) is 5.69 Å². The fourth-order valence-corrected chi connectivity index (χ4v) is 2.13. The van der Waals surface area contributed by atoms with Gasteiger partial charge in [0, 0.05) is 13.6 Å². The van der Waals surface area contributed by atoms with E-state index in [1.807, 2.05) is 25.8 Å². The number of likely N-dealkylation sites (N-methyl/N-ethyl adjacent to an activating group) is 1. The molecule has 0 saturated carbocycles. The predicted octanol–water partition coefficient (Wildman–Crippen LogP) is 0.552. The minimum absolute atomic E-state index is 0.00731. The average Bonchev–Trinajstić information content (AvgIpc) is 2.70. The number of anilines is 1. The maximum atomic E-state index is 11.3. The molecule has 0 fully saturated rings. The molecule has 0 spiro atoms. The van der Waals surface area contributed by atoms with Gasteiger partial charge in [0.15, 0.2) is 5.82 Å². The topological polar surface area (TPSA) is 71.2 Å². The van der Waals surface area contributed by atoms with Crippen molar-refractivity contribution in [1.82, 2.24) is 15.0 Å². The van der Waals surface area contributed by atoms with Gasteiger partial charge in [0.05, 0.1) is 6.54 Å². The van der Waals surface area contributed by atoms with Crippen LogP contribution in [0.5, 0.6) is 0 Å². The summed E-state index contributed by atoms with van der Waals surface area (Å²) in [5.41, 5.74) is 0.586. The van der Waals surface area contributed by atoms with Crippen LogP contribution in [0, 0.1) is 5.92 Å². The molecule has 1 N–H and O–H groups in total. The monoisotopic (exact) mass is 224 g/mol. The fraction of sp³-hybridized carbons (Fsp3) is 0.700. The lowest BCUT2D eigenvalue weighted by molar-refractivity contribution is -0.139. The van der Waals surface area contributed by atoms with Crippen molar-refractivity contribution in [2.24, 2.45) is 5.92 Å². The Morgan fingerprint density at radius 2 is 2.12 bits per heavy atom. The summed E-state index contributed by atoms with van der Waals surface area (Å²) in [5.74, 6) is -0.558. The van der Waals surface area contributed by atoms with E-state index in [0.29, 0.717) is 5.69 Å². The second-order valence-electron chi connectivity index (χ2n) is 4.50. The molecule has 2 heterocycles. The lowest BCUT2D eigenvalue weighted by atomic mass is 9.92. The molecule has 1 aromatic heterocycles. The van der Waals surface area contributed by atoms with Gasteiger partial charge in [0.25, 0.3) is 0 Å². The molecule has 0 amide bonds. The molecule has 88 valence electrons. The van der Waals surface area contributed by atoms with Gasteiger partial charge in [-0.05, 0) is 5.92 Å². The Morgan fingerprint density at radius 1 is 1.44 bits per heavy atom. The lowest BCUT2D eigenvalue weighted by Crippen LogP contribution is -2.22. The van der Waals surface area contributed by atoms with Crippen LogP contribution < -0.4 is 4.90 Å². The molecule has 0 aromatic carbocycles. The number of carboxylic acids is 1. The van der Waals surface area contributed by atoms with Crippen molar-refractivity contribution in [2.75, 3.05) is 18.5 Å². The number of fused-ring (bicyclic) bond motifs is 1. The molecule has 6 nitrogen and oxygen atoms in total. The Morgan fingerprint density at radius 3 is 2.69 bits per heavy atom. The summed E-state index contributed by atoms with van der Waals surface area (Å²) in [5, 5.41) is 17.3. The predicted molar refractivity (Wildman–Crippen MR) is 58.5 cm³/mol. The number of carboxylic acid groups (broad SMARTS) is 1. The van der Waals surface area contributed by atoms with Crippen LogP contribution in [0.3, 0.4) is 0 Å². The maximum Gasteiger partial charge on any atom is 0.313 e. The second kappa shape index (κ2) is 3.77. The molecule has 0 radical (unpaired) electrons. The van der Waals surface area contributed by atoms with Crippen molar-refractivity contribution in [3.8, 4) is 0 Å². The normalized spacial score (nSPS) is 16.6. The zero-order chi connectivity index (χ0) is 11.9. The molecule has 1 unspecified atom stereocenters. The average molecular weight is 224 g/mol. The smallest absolute Gasteiger partial charge is 0.313 e. The minimum Gasteiger partial charge on any atom is -0.481 e. The zero-order valence-electron chi connectivity index (χ0n) is 9.71. The summed E-state index contributed by atoms with van der Waals surface area (Å²) in [7, 11) is 1.94. The summed E-state index contributed by atoms with van der Waals surface area (Å²) in [6, 6.07) is 0. The van der Waals surface area contributed by atoms with Crippen LogP contribution in [-0.2, 0) is 11.3 Å². The number of nitrogens with zero attached hydrogens (tertiary/aromatic N) is 4. The van der Waals surface area contributed by atoms with Gasteiger partial charge in [-0.25, -0.2) is 4.68 Å². The van der Waals surface area contributed by atoms with Crippen LogP contribution in [0.2, 0.25) is 0 Å². The van der Waals surface area contributed by atoms with Crippen LogP contribution in [0.4, 0.5) is 5.82 Å². The molecule has 6 heteroatoms. The summed E-state index contributed by atoms with van der Waals surface area (Å²) in [6.45, 7) is 5.42. The molecular weight excluding hydrogens is 208 g/mol. The third-order valence-corrected chi connectivity index (χ3v) is 2.97. The van der Waals surface area contributed by atoms with Crippen molar-refractivity contribution in [3.63, 3.8) is 0 Å². The minimum atomic E-state index is -0.835. The highest BCUT2D eigenvalue weighted by Crippen LogP contribution is 2.32. The molecule has 1 aliphatic rings. The van der Waals surface area contributed by atoms with Gasteiger partial charge in [-0.2, -0.15) is 0 Å². The largest absolute Gasteiger partial charge is 0.481 e. The number of aliphatic carboxylic acids is 1. The molecule has 1 aliphatic heterocycles. The van der Waals surface area contributed by atoms with Crippen molar-refractivity contribution in [2.45, 2.75) is 26.3 Å². The second-order valence-corrected chi connectivity index (χ2v) is 4.50. The number of carbonyl (C=O) groups is 1. The SMILES string of the molecule is CC(C)C(C(=O)O)c1nnn2c1N(C)CC2. The molecule has 0 bridgehead atoms. The van der Waals surface area contributed by atoms with E-state index in [-0.39, 0.29) is 5.92 Å². The first kappa shape index (κ1) is 10.9. The summed E-state index contributed by atoms with van der Waals surface area (Å²) in [4.78, 5) is 13.3. The van der Waals surface area contributed by atoms with Gasteiger partial charge in [-0.15, -0.1) is 5.10 Å². The molecule has 0 aliphatic carbocycles. The van der Waals surface area contributed by atoms with E-state index >= 15 is 0 Å². The van der Waals surface area contributed by atoms with E-state index < -0.39 is 11.9 Å². The van der Waals surface area contributed by atoms with E-state index in [1.165, 1.54) is 0 Å². The van der Waals surface area contributed by atoms with Crippen LogP contribution in [0.1, 0.15) is 25.5 Å². The van der Waals surface area contributed by atoms with Crippen LogP contribution in [-0.4, -0.2) is 39.7 Å². The maximum absolute atomic E-state index is 11.3. The van der Waals surface area contributed by atoms with Crippen LogP contribution in [0.15, 0.2) is 0 Å². The Labute approximate surface area is 93.9 Å². The van der Waals surface area contributed by atoms with Gasteiger partial charge in [-0.1, -0.05) is 19.1 Å². The Kier molecular flexibility index (Phi) is 2.57.